The van der Waals surface area contributed by atoms with Crippen molar-refractivity contribution in [2.45, 2.75) is 63.7 Å². The highest BCUT2D eigenvalue weighted by Gasteiger charge is 2.58. The van der Waals surface area contributed by atoms with Crippen LogP contribution in [0.15, 0.2) is 36.4 Å². The van der Waals surface area contributed by atoms with Crippen molar-refractivity contribution in [1.29, 1.82) is 0 Å². The summed E-state index contributed by atoms with van der Waals surface area (Å²) in [5.74, 6) is 0. The third-order valence-corrected chi connectivity index (χ3v) is 8.12. The molecule has 7 nitrogen and oxygen atoms in total. The van der Waals surface area contributed by atoms with Crippen molar-refractivity contribution in [1.82, 2.24) is 9.96 Å². The van der Waals surface area contributed by atoms with Crippen molar-refractivity contribution in [2.75, 3.05) is 10.2 Å². The molecule has 0 radical (unpaired) electrons. The predicted octanol–water partition coefficient (Wildman–Crippen LogP) is 7.90. The Bertz CT molecular complexity index is 1140. The second kappa shape index (κ2) is 10.2. The summed E-state index contributed by atoms with van der Waals surface area (Å²) in [6.45, 7) is 3.69. The van der Waals surface area contributed by atoms with Crippen molar-refractivity contribution < 1.29 is 14.8 Å². The minimum Gasteiger partial charge on any atom is -0.312 e. The quantitative estimate of drug-likeness (QED) is 0.295. The smallest absolute Gasteiger partial charge is 0.312 e. The number of rotatable bonds is 4. The molecule has 4 rings (SSSR count). The molecule has 1 saturated carbocycles. The van der Waals surface area contributed by atoms with Crippen LogP contribution in [0.3, 0.4) is 0 Å². The van der Waals surface area contributed by atoms with Crippen LogP contribution >= 0.6 is 46.4 Å². The van der Waals surface area contributed by atoms with Gasteiger partial charge in [0.2, 0.25) is 0 Å². The number of carbonyl (C=O) groups is 2. The lowest BCUT2D eigenvalue weighted by molar-refractivity contribution is -0.0986. The molecule has 2 N–H and O–H groups in total. The highest BCUT2D eigenvalue weighted by atomic mass is 35.5. The standard InChI is InChI=1S/C24H26Cl4N4O3/c1-24(2)21(32(35)22(33)29-14-8-10-17(25)19(27)12-14)30(16-9-11-18(26)20(28)13-16)23(34)31(24)15-6-4-3-5-7-15/h8-13,15,21,35H,3-7H2,1-2H3,(H,29,33). The molecule has 1 heterocycles. The first kappa shape index (κ1) is 26.2. The molecule has 1 unspecified atom stereocenters. The normalized spacial score (nSPS) is 20.3. The molecule has 2 fully saturated rings. The van der Waals surface area contributed by atoms with Gasteiger partial charge >= 0.3 is 12.1 Å². The van der Waals surface area contributed by atoms with Gasteiger partial charge in [-0.1, -0.05) is 65.7 Å². The number of hydrogen-bond acceptors (Lipinski definition) is 3. The molecular weight excluding hydrogens is 534 g/mol. The summed E-state index contributed by atoms with van der Waals surface area (Å²) in [6, 6.07) is 8.21. The number of hydrogen-bond donors (Lipinski definition) is 2. The summed E-state index contributed by atoms with van der Waals surface area (Å²) < 4.78 is 0. The van der Waals surface area contributed by atoms with Gasteiger partial charge in [-0.05, 0) is 63.1 Å². The Balaban J connectivity index is 1.71. The Kier molecular flexibility index (Phi) is 7.65. The van der Waals surface area contributed by atoms with Crippen molar-refractivity contribution in [2.24, 2.45) is 0 Å². The summed E-state index contributed by atoms with van der Waals surface area (Å²) in [6.07, 6.45) is 3.81. The first-order valence-electron chi connectivity index (χ1n) is 11.3. The van der Waals surface area contributed by atoms with Gasteiger partial charge in [0.15, 0.2) is 6.17 Å². The van der Waals surface area contributed by atoms with Crippen LogP contribution in [0.2, 0.25) is 20.1 Å². The second-order valence-electron chi connectivity index (χ2n) is 9.34. The number of benzene rings is 2. The number of halogens is 4. The zero-order chi connectivity index (χ0) is 25.5. The van der Waals surface area contributed by atoms with Gasteiger partial charge in [-0.2, -0.15) is 5.06 Å². The third-order valence-electron chi connectivity index (χ3n) is 6.64. The lowest BCUT2D eigenvalue weighted by atomic mass is 9.90. The molecule has 1 atom stereocenters. The molecular formula is C24H26Cl4N4O3. The van der Waals surface area contributed by atoms with Gasteiger partial charge in [0, 0.05) is 17.4 Å². The van der Waals surface area contributed by atoms with Gasteiger partial charge in [0.1, 0.15) is 0 Å². The minimum absolute atomic E-state index is 0.00643. The minimum atomic E-state index is -1.06. The molecule has 4 amide bonds. The van der Waals surface area contributed by atoms with E-state index >= 15 is 0 Å². The molecule has 35 heavy (non-hydrogen) atoms. The predicted molar refractivity (Wildman–Crippen MR) is 140 cm³/mol. The molecule has 2 aromatic rings. The Morgan fingerprint density at radius 2 is 1.57 bits per heavy atom. The van der Waals surface area contributed by atoms with E-state index in [2.05, 4.69) is 5.32 Å². The SMILES string of the molecule is CC1(C)C(N(O)C(=O)Nc2ccc(Cl)c(Cl)c2)N(c2ccc(Cl)c(Cl)c2)C(=O)N1C1CCCCC1. The first-order chi connectivity index (χ1) is 16.5. The Hall–Kier alpha value is -1.90. The fraction of sp³-hybridized carbons (Fsp3) is 0.417. The Labute approximate surface area is 224 Å². The Morgan fingerprint density at radius 3 is 2.17 bits per heavy atom. The van der Waals surface area contributed by atoms with Crippen LogP contribution in [-0.2, 0) is 0 Å². The maximum atomic E-state index is 13.9. The molecule has 188 valence electrons. The van der Waals surface area contributed by atoms with Crippen LogP contribution < -0.4 is 10.2 Å². The van der Waals surface area contributed by atoms with E-state index in [0.29, 0.717) is 26.5 Å². The van der Waals surface area contributed by atoms with Gasteiger partial charge in [0.05, 0.1) is 25.6 Å². The van der Waals surface area contributed by atoms with Crippen LogP contribution in [0.5, 0.6) is 0 Å². The van der Waals surface area contributed by atoms with Crippen LogP contribution in [0, 0.1) is 0 Å². The molecule has 1 aliphatic heterocycles. The van der Waals surface area contributed by atoms with Crippen LogP contribution in [0.1, 0.15) is 46.0 Å². The van der Waals surface area contributed by atoms with E-state index in [1.807, 2.05) is 13.8 Å². The zero-order valence-corrected chi connectivity index (χ0v) is 22.3. The van der Waals surface area contributed by atoms with Gasteiger partial charge in [0.25, 0.3) is 0 Å². The topological polar surface area (TPSA) is 76.1 Å². The average molecular weight is 560 g/mol. The van der Waals surface area contributed by atoms with E-state index < -0.39 is 17.7 Å². The number of hydroxylamine groups is 2. The monoisotopic (exact) mass is 558 g/mol. The summed E-state index contributed by atoms with van der Waals surface area (Å²) in [7, 11) is 0. The number of urea groups is 2. The molecule has 1 aliphatic carbocycles. The van der Waals surface area contributed by atoms with Crippen LogP contribution in [0.4, 0.5) is 21.0 Å². The average Bonchev–Trinajstić information content (AvgIpc) is 3.02. The molecule has 0 spiro atoms. The summed E-state index contributed by atoms with van der Waals surface area (Å²) >= 11 is 24.4. The molecule has 2 aliphatic rings. The van der Waals surface area contributed by atoms with Gasteiger partial charge in [-0.25, -0.2) is 9.59 Å². The lowest BCUT2D eigenvalue weighted by Crippen LogP contribution is -2.59. The van der Waals surface area contributed by atoms with Gasteiger partial charge < -0.3 is 10.2 Å². The number of anilines is 2. The van der Waals surface area contributed by atoms with Crippen LogP contribution in [0.25, 0.3) is 0 Å². The van der Waals surface area contributed by atoms with E-state index in [0.717, 1.165) is 32.1 Å². The third kappa shape index (κ3) is 5.02. The highest BCUT2D eigenvalue weighted by molar-refractivity contribution is 6.42. The number of carbonyl (C=O) groups excluding carboxylic acids is 2. The fourth-order valence-electron chi connectivity index (χ4n) is 5.03. The van der Waals surface area contributed by atoms with E-state index in [1.165, 1.54) is 17.0 Å². The van der Waals surface area contributed by atoms with E-state index in [-0.39, 0.29) is 22.1 Å². The molecule has 2 aromatic carbocycles. The van der Waals surface area contributed by atoms with Gasteiger partial charge in [-0.15, -0.1) is 0 Å². The summed E-state index contributed by atoms with van der Waals surface area (Å²) in [5, 5.41) is 15.6. The molecule has 0 aromatic heterocycles. The number of amides is 4. The molecule has 11 heteroatoms. The number of nitrogens with zero attached hydrogens (tertiary/aromatic N) is 3. The van der Waals surface area contributed by atoms with E-state index in [9.17, 15) is 14.8 Å². The second-order valence-corrected chi connectivity index (χ2v) is 11.0. The Morgan fingerprint density at radius 1 is 0.971 bits per heavy atom. The maximum absolute atomic E-state index is 13.9. The fourth-order valence-corrected chi connectivity index (χ4v) is 5.62. The summed E-state index contributed by atoms with van der Waals surface area (Å²) in [4.78, 5) is 30.2. The largest absolute Gasteiger partial charge is 0.347 e. The van der Waals surface area contributed by atoms with Crippen molar-refractivity contribution in [3.8, 4) is 0 Å². The van der Waals surface area contributed by atoms with Crippen molar-refractivity contribution >= 4 is 69.8 Å². The first-order valence-corrected chi connectivity index (χ1v) is 12.8. The van der Waals surface area contributed by atoms with Crippen molar-refractivity contribution in [3.63, 3.8) is 0 Å². The van der Waals surface area contributed by atoms with E-state index in [1.54, 1.807) is 29.2 Å². The van der Waals surface area contributed by atoms with Crippen LogP contribution in [-0.4, -0.2) is 45.0 Å². The summed E-state index contributed by atoms with van der Waals surface area (Å²) in [5.41, 5.74) is -0.174. The highest BCUT2D eigenvalue weighted by Crippen LogP contribution is 2.43. The van der Waals surface area contributed by atoms with Gasteiger partial charge in [-0.3, -0.25) is 10.1 Å². The molecule has 1 saturated heterocycles. The van der Waals surface area contributed by atoms with E-state index in [4.69, 9.17) is 46.4 Å². The lowest BCUT2D eigenvalue weighted by Gasteiger charge is -2.42. The number of nitrogens with one attached hydrogen (secondary N) is 1. The zero-order valence-electron chi connectivity index (χ0n) is 19.3. The molecule has 0 bridgehead atoms. The maximum Gasteiger partial charge on any atom is 0.347 e. The van der Waals surface area contributed by atoms with Crippen molar-refractivity contribution in [3.05, 3.63) is 56.5 Å².